The van der Waals surface area contributed by atoms with Crippen molar-refractivity contribution in [2.24, 2.45) is 0 Å². The number of benzene rings is 2. The Labute approximate surface area is 214 Å². The fourth-order valence-corrected chi connectivity index (χ4v) is 7.04. The van der Waals surface area contributed by atoms with E-state index in [1.165, 1.54) is 16.0 Å². The molecule has 5 rings (SSSR count). The molecular formula is C24H19Cl2N3O3S2. The number of methoxy groups -OCH3 is 1. The molecule has 4 aromatic rings. The van der Waals surface area contributed by atoms with Crippen LogP contribution in [0.2, 0.25) is 10.0 Å². The summed E-state index contributed by atoms with van der Waals surface area (Å²) in [6.07, 6.45) is 0. The topological polar surface area (TPSA) is 77.2 Å². The van der Waals surface area contributed by atoms with Gasteiger partial charge >= 0.3 is 5.97 Å². The van der Waals surface area contributed by atoms with Gasteiger partial charge in [-0.3, -0.25) is 0 Å². The smallest absolute Gasteiger partial charge is 0.355 e. The molecule has 1 N–H and O–H groups in total. The zero-order valence-electron chi connectivity index (χ0n) is 18.6. The van der Waals surface area contributed by atoms with Gasteiger partial charge in [0, 0.05) is 21.9 Å². The lowest BCUT2D eigenvalue weighted by Crippen LogP contribution is -2.09. The molecule has 6 nitrogen and oxygen atoms in total. The lowest BCUT2D eigenvalue weighted by Gasteiger charge is -2.21. The second kappa shape index (κ2) is 8.61. The summed E-state index contributed by atoms with van der Waals surface area (Å²) in [5, 5.41) is 16.4. The Morgan fingerprint density at radius 1 is 1.15 bits per heavy atom. The van der Waals surface area contributed by atoms with Crippen LogP contribution in [0.3, 0.4) is 0 Å². The highest BCUT2D eigenvalue weighted by Gasteiger charge is 2.31. The van der Waals surface area contributed by atoms with Crippen molar-refractivity contribution in [3.63, 3.8) is 0 Å². The van der Waals surface area contributed by atoms with Crippen LogP contribution in [-0.2, 0) is 0 Å². The molecule has 2 aromatic carbocycles. The molecular weight excluding hydrogens is 513 g/mol. The number of nitrogens with zero attached hydrogens (tertiary/aromatic N) is 3. The molecule has 174 valence electrons. The molecule has 1 aliphatic heterocycles. The summed E-state index contributed by atoms with van der Waals surface area (Å²) in [5.41, 5.74) is 5.50. The number of aromatic carboxylic acids is 1. The van der Waals surface area contributed by atoms with Crippen molar-refractivity contribution in [1.82, 2.24) is 14.8 Å². The Morgan fingerprint density at radius 3 is 2.59 bits per heavy atom. The second-order valence-electron chi connectivity index (χ2n) is 7.98. The maximum absolute atomic E-state index is 12.5. The Morgan fingerprint density at radius 2 is 1.88 bits per heavy atom. The number of rotatable bonds is 4. The van der Waals surface area contributed by atoms with Gasteiger partial charge in [0.2, 0.25) is 5.13 Å². The standard InChI is InChI=1S/C24H19Cl2N3O3S2/c1-10-5-6-18(32-4)15(7-10)19-11(2)28-29(21(19)22(30)31)24-27-20-14-9-17(26)16(25)8-13(14)12(3)33-23(20)34-24/h5-9,12H,1-4H3,(H,30,31). The highest BCUT2D eigenvalue weighted by molar-refractivity contribution is 8.01. The van der Waals surface area contributed by atoms with Gasteiger partial charge in [-0.2, -0.15) is 9.78 Å². The van der Waals surface area contributed by atoms with E-state index in [-0.39, 0.29) is 10.9 Å². The number of ether oxygens (including phenoxy) is 1. The summed E-state index contributed by atoms with van der Waals surface area (Å²) in [6, 6.07) is 9.37. The third kappa shape index (κ3) is 3.69. The van der Waals surface area contributed by atoms with Crippen molar-refractivity contribution in [3.8, 4) is 33.3 Å². The molecule has 0 bridgehead atoms. The number of fused-ring (bicyclic) bond motifs is 3. The van der Waals surface area contributed by atoms with Crippen LogP contribution in [0.15, 0.2) is 34.5 Å². The van der Waals surface area contributed by atoms with E-state index >= 15 is 0 Å². The number of thiazole rings is 1. The molecule has 0 aliphatic carbocycles. The Hall–Kier alpha value is -2.52. The number of hydrogen-bond acceptors (Lipinski definition) is 6. The third-order valence-corrected chi connectivity index (χ3v) is 8.82. The van der Waals surface area contributed by atoms with Crippen LogP contribution < -0.4 is 4.74 Å². The molecule has 0 fully saturated rings. The summed E-state index contributed by atoms with van der Waals surface area (Å²) < 4.78 is 7.92. The van der Waals surface area contributed by atoms with Crippen LogP contribution >= 0.6 is 46.3 Å². The van der Waals surface area contributed by atoms with Crippen molar-refractivity contribution in [2.45, 2.75) is 30.2 Å². The Balaban J connectivity index is 1.72. The molecule has 0 saturated carbocycles. The molecule has 10 heteroatoms. The predicted octanol–water partition coefficient (Wildman–Crippen LogP) is 7.46. The summed E-state index contributed by atoms with van der Waals surface area (Å²) in [6.45, 7) is 5.84. The maximum atomic E-state index is 12.5. The van der Waals surface area contributed by atoms with E-state index in [0.717, 1.165) is 26.6 Å². The van der Waals surface area contributed by atoms with Crippen LogP contribution in [0, 0.1) is 13.8 Å². The summed E-state index contributed by atoms with van der Waals surface area (Å²) in [5.74, 6) is -0.511. The maximum Gasteiger partial charge on any atom is 0.355 e. The van der Waals surface area contributed by atoms with Crippen LogP contribution in [0.25, 0.3) is 27.5 Å². The summed E-state index contributed by atoms with van der Waals surface area (Å²) in [7, 11) is 1.57. The van der Waals surface area contributed by atoms with Gasteiger partial charge in [-0.05, 0) is 50.6 Å². The lowest BCUT2D eigenvalue weighted by atomic mass is 10.00. The van der Waals surface area contributed by atoms with Gasteiger partial charge in [-0.15, -0.1) is 11.8 Å². The van der Waals surface area contributed by atoms with Crippen molar-refractivity contribution in [1.29, 1.82) is 0 Å². The quantitative estimate of drug-likeness (QED) is 0.294. The number of halogens is 2. The molecule has 0 amide bonds. The first-order valence-electron chi connectivity index (χ1n) is 10.3. The number of aryl methyl sites for hydroxylation is 2. The average Bonchev–Trinajstić information content (AvgIpc) is 3.36. The first-order chi connectivity index (χ1) is 16.2. The van der Waals surface area contributed by atoms with Crippen LogP contribution in [0.1, 0.15) is 39.5 Å². The predicted molar refractivity (Wildman–Crippen MR) is 137 cm³/mol. The van der Waals surface area contributed by atoms with Crippen molar-refractivity contribution < 1.29 is 14.6 Å². The molecule has 0 spiro atoms. The van der Waals surface area contributed by atoms with E-state index in [2.05, 4.69) is 12.0 Å². The average molecular weight is 532 g/mol. The number of hydrogen-bond donors (Lipinski definition) is 1. The Bertz CT molecular complexity index is 1480. The molecule has 1 unspecified atom stereocenters. The van der Waals surface area contributed by atoms with Gasteiger partial charge < -0.3 is 9.84 Å². The first-order valence-corrected chi connectivity index (χ1v) is 12.8. The van der Waals surface area contributed by atoms with Crippen LogP contribution in [-0.4, -0.2) is 33.0 Å². The molecule has 34 heavy (non-hydrogen) atoms. The highest BCUT2D eigenvalue weighted by Crippen LogP contribution is 2.53. The van der Waals surface area contributed by atoms with Gasteiger partial charge in [0.1, 0.15) is 5.75 Å². The normalized spacial score (nSPS) is 14.6. The molecule has 0 radical (unpaired) electrons. The van der Waals surface area contributed by atoms with Crippen LogP contribution in [0.5, 0.6) is 5.75 Å². The van der Waals surface area contributed by atoms with E-state index < -0.39 is 5.97 Å². The molecule has 1 atom stereocenters. The molecule has 1 aliphatic rings. The van der Waals surface area contributed by atoms with E-state index in [1.807, 2.05) is 37.3 Å². The number of carboxylic acid groups (broad SMARTS) is 1. The fraction of sp³-hybridized carbons (Fsp3) is 0.208. The SMILES string of the molecule is COc1ccc(C)cc1-c1c(C)nn(-c2nc3c(s2)SC(C)c2cc(Cl)c(Cl)cc2-3)c1C(=O)O. The van der Waals surface area contributed by atoms with E-state index in [9.17, 15) is 9.90 Å². The van der Waals surface area contributed by atoms with Gasteiger partial charge in [-0.25, -0.2) is 9.78 Å². The minimum atomic E-state index is -1.09. The van der Waals surface area contributed by atoms with Gasteiger partial charge in [-0.1, -0.05) is 46.2 Å². The van der Waals surface area contributed by atoms with E-state index in [0.29, 0.717) is 37.7 Å². The number of aromatic nitrogens is 3. The minimum absolute atomic E-state index is 0.0416. The van der Waals surface area contributed by atoms with E-state index in [4.69, 9.17) is 32.9 Å². The summed E-state index contributed by atoms with van der Waals surface area (Å²) >= 11 is 15.6. The molecule has 0 saturated heterocycles. The molecule has 2 aromatic heterocycles. The summed E-state index contributed by atoms with van der Waals surface area (Å²) in [4.78, 5) is 17.3. The second-order valence-corrected chi connectivity index (χ2v) is 11.4. The van der Waals surface area contributed by atoms with Gasteiger partial charge in [0.05, 0.1) is 32.8 Å². The zero-order chi connectivity index (χ0) is 24.3. The first kappa shape index (κ1) is 23.2. The minimum Gasteiger partial charge on any atom is -0.496 e. The fourth-order valence-electron chi connectivity index (χ4n) is 4.17. The highest BCUT2D eigenvalue weighted by atomic mass is 35.5. The third-order valence-electron chi connectivity index (χ3n) is 5.72. The van der Waals surface area contributed by atoms with Crippen molar-refractivity contribution >= 4 is 52.3 Å². The lowest BCUT2D eigenvalue weighted by molar-refractivity contribution is 0.0688. The number of carbonyl (C=O) groups is 1. The van der Waals surface area contributed by atoms with Crippen molar-refractivity contribution in [3.05, 3.63) is 62.9 Å². The van der Waals surface area contributed by atoms with Crippen molar-refractivity contribution in [2.75, 3.05) is 7.11 Å². The molecule has 3 heterocycles. The Kier molecular flexibility index (Phi) is 5.88. The van der Waals surface area contributed by atoms with Gasteiger partial charge in [0.15, 0.2) is 5.69 Å². The van der Waals surface area contributed by atoms with Gasteiger partial charge in [0.25, 0.3) is 0 Å². The zero-order valence-corrected chi connectivity index (χ0v) is 21.8. The van der Waals surface area contributed by atoms with E-state index in [1.54, 1.807) is 25.8 Å². The number of carboxylic acids is 1. The number of thioether (sulfide) groups is 1. The monoisotopic (exact) mass is 531 g/mol. The largest absolute Gasteiger partial charge is 0.496 e. The van der Waals surface area contributed by atoms with Crippen LogP contribution in [0.4, 0.5) is 0 Å².